The van der Waals surface area contributed by atoms with Gasteiger partial charge >= 0.3 is 34.4 Å². The fourth-order valence-corrected chi connectivity index (χ4v) is 21.9. The van der Waals surface area contributed by atoms with Gasteiger partial charge in [-0.3, -0.25) is 0 Å². The van der Waals surface area contributed by atoms with Crippen LogP contribution in [0.1, 0.15) is 385 Å². The van der Waals surface area contributed by atoms with Crippen LogP contribution in [-0.2, 0) is 70.8 Å². The quantitative estimate of drug-likeness (QED) is 0.0678. The first kappa shape index (κ1) is 76.5. The summed E-state index contributed by atoms with van der Waals surface area (Å²) in [5.41, 5.74) is 0. The summed E-state index contributed by atoms with van der Waals surface area (Å²) in [5.74, 6) is 0. The molecule has 0 radical (unpaired) electrons. The summed E-state index contributed by atoms with van der Waals surface area (Å²) in [4.78, 5) is 0. The Morgan fingerprint density at radius 2 is 0.180 bits per heavy atom. The average Bonchev–Trinajstić information content (AvgIpc) is 3.64. The molecule has 0 aliphatic heterocycles. The summed E-state index contributed by atoms with van der Waals surface area (Å²) >= 11 is 0. The van der Waals surface area contributed by atoms with E-state index in [4.69, 9.17) is 54.3 Å². The number of hydrogen-bond donors (Lipinski definition) is 0. The molecule has 0 spiro atoms. The molecule has 0 aromatic heterocycles. The minimum atomic E-state index is -1.13. The van der Waals surface area contributed by atoms with Crippen molar-refractivity contribution in [2.45, 2.75) is 458 Å². The molecule has 0 amide bonds. The van der Waals surface area contributed by atoms with Crippen molar-refractivity contribution < 1.29 is 70.8 Å². The van der Waals surface area contributed by atoms with E-state index in [0.717, 1.165) is 0 Å². The van der Waals surface area contributed by atoms with Gasteiger partial charge in [-0.05, 0) is 154 Å². The normalized spacial score (nSPS) is 26.3. The largest absolute Gasteiger partial charge is 0.333 e. The van der Waals surface area contributed by atoms with Gasteiger partial charge in [0.1, 0.15) is 0 Å². The Hall–Kier alpha value is 1.73. The van der Waals surface area contributed by atoms with Gasteiger partial charge in [0.2, 0.25) is 0 Å². The zero-order valence-corrected chi connectivity index (χ0v) is 60.9. The minimum absolute atomic E-state index is 0. The van der Waals surface area contributed by atoms with E-state index in [0.29, 0.717) is 73.2 Å². The number of rotatable bonds is 24. The van der Waals surface area contributed by atoms with Crippen molar-refractivity contribution in [3.63, 3.8) is 0 Å². The molecule has 0 saturated heterocycles. The van der Waals surface area contributed by atoms with Gasteiger partial charge in [0.15, 0.2) is 0 Å². The first-order chi connectivity index (χ1) is 43.6. The van der Waals surface area contributed by atoms with Gasteiger partial charge in [0.05, 0.1) is 73.2 Å². The maximum Gasteiger partial charge on any atom is 0.333 e. The zero-order chi connectivity index (χ0) is 60.1. The molecule has 0 N–H and O–H groups in total. The third kappa shape index (κ3) is 32.5. The molecular weight excluding hydrogens is 1240 g/mol. The molecular formula is C72H132NiO12P4. The van der Waals surface area contributed by atoms with Crippen LogP contribution in [0.3, 0.4) is 0 Å². The van der Waals surface area contributed by atoms with Crippen molar-refractivity contribution in [2.75, 3.05) is 0 Å². The van der Waals surface area contributed by atoms with Crippen molar-refractivity contribution in [2.24, 2.45) is 0 Å². The van der Waals surface area contributed by atoms with Crippen molar-refractivity contribution in [1.29, 1.82) is 0 Å². The first-order valence-electron chi connectivity index (χ1n) is 38.8. The standard InChI is InChI=1S/4C18H33O3P.Ni/c4*1-4-10-16(11-5-1)19-22(20-17-12-6-2-7-13-17)21-18-14-8-3-9-15-18;/h4*16-18H,1-15H2;. The second kappa shape index (κ2) is 47.7. The van der Waals surface area contributed by atoms with Gasteiger partial charge in [-0.25, -0.2) is 0 Å². The van der Waals surface area contributed by atoms with Crippen LogP contribution in [0.2, 0.25) is 0 Å². The summed E-state index contributed by atoms with van der Waals surface area (Å²) in [6.07, 6.45) is 81.0. The molecule has 0 bridgehead atoms. The van der Waals surface area contributed by atoms with E-state index < -0.39 is 34.4 Å². The molecule has 89 heavy (non-hydrogen) atoms. The molecule has 0 aromatic rings. The fraction of sp³-hybridized carbons (Fsp3) is 1.00. The van der Waals surface area contributed by atoms with Crippen molar-refractivity contribution in [3.05, 3.63) is 0 Å². The van der Waals surface area contributed by atoms with Crippen molar-refractivity contribution >= 4 is 34.4 Å². The summed E-state index contributed by atoms with van der Waals surface area (Å²) in [5, 5.41) is 0. The Bertz CT molecular complexity index is 1240. The van der Waals surface area contributed by atoms with E-state index >= 15 is 0 Å². The van der Waals surface area contributed by atoms with E-state index in [1.807, 2.05) is 0 Å². The Kier molecular flexibility index (Phi) is 41.0. The topological polar surface area (TPSA) is 111 Å². The van der Waals surface area contributed by atoms with Crippen LogP contribution < -0.4 is 0 Å². The molecule has 0 aromatic carbocycles. The van der Waals surface area contributed by atoms with Crippen LogP contribution in [0.4, 0.5) is 0 Å². The van der Waals surface area contributed by atoms with Crippen molar-refractivity contribution in [3.8, 4) is 0 Å². The van der Waals surface area contributed by atoms with Gasteiger partial charge < -0.3 is 54.3 Å². The van der Waals surface area contributed by atoms with Crippen LogP contribution in [0.5, 0.6) is 0 Å². The molecule has 12 aliphatic rings. The molecule has 0 heterocycles. The Morgan fingerprint density at radius 1 is 0.112 bits per heavy atom. The first-order valence-corrected chi connectivity index (χ1v) is 43.2. The van der Waals surface area contributed by atoms with E-state index in [9.17, 15) is 0 Å². The average molecular weight is 1370 g/mol. The molecule has 12 fully saturated rings. The van der Waals surface area contributed by atoms with E-state index in [-0.39, 0.29) is 16.5 Å². The molecule has 12 rings (SSSR count). The van der Waals surface area contributed by atoms with Gasteiger partial charge in [0, 0.05) is 16.5 Å². The molecule has 17 heteroatoms. The van der Waals surface area contributed by atoms with Crippen molar-refractivity contribution in [1.82, 2.24) is 0 Å². The fourth-order valence-electron chi connectivity index (χ4n) is 15.8. The third-order valence-corrected chi connectivity index (χ3v) is 27.1. The third-order valence-electron chi connectivity index (χ3n) is 21.4. The second-order valence-corrected chi connectivity index (χ2v) is 33.6. The number of hydrogen-bond acceptors (Lipinski definition) is 12. The van der Waals surface area contributed by atoms with Crippen LogP contribution in [0, 0.1) is 0 Å². The van der Waals surface area contributed by atoms with E-state index in [1.165, 1.54) is 385 Å². The summed E-state index contributed by atoms with van der Waals surface area (Å²) in [6, 6.07) is 0. The van der Waals surface area contributed by atoms with E-state index in [2.05, 4.69) is 0 Å². The minimum Gasteiger partial charge on any atom is -0.309 e. The smallest absolute Gasteiger partial charge is 0.309 e. The predicted molar refractivity (Wildman–Crippen MR) is 363 cm³/mol. The molecule has 0 unspecified atom stereocenters. The van der Waals surface area contributed by atoms with Gasteiger partial charge in [-0.1, -0.05) is 231 Å². The van der Waals surface area contributed by atoms with Crippen LogP contribution >= 0.6 is 34.4 Å². The zero-order valence-electron chi connectivity index (χ0n) is 56.4. The predicted octanol–water partition coefficient (Wildman–Crippen LogP) is 25.0. The Morgan fingerprint density at radius 3 is 0.247 bits per heavy atom. The Labute approximate surface area is 560 Å². The summed E-state index contributed by atoms with van der Waals surface area (Å²) in [6.45, 7) is 0. The molecule has 12 nitrogen and oxygen atoms in total. The monoisotopic (exact) mass is 1370 g/mol. The van der Waals surface area contributed by atoms with E-state index in [1.54, 1.807) is 0 Å². The second-order valence-electron chi connectivity index (χ2n) is 29.3. The molecule has 0 atom stereocenters. The maximum absolute atomic E-state index is 6.32. The van der Waals surface area contributed by atoms with Crippen LogP contribution in [-0.4, -0.2) is 73.2 Å². The van der Waals surface area contributed by atoms with Crippen LogP contribution in [0.15, 0.2) is 0 Å². The molecule has 12 saturated carbocycles. The van der Waals surface area contributed by atoms with Gasteiger partial charge in [-0.15, -0.1) is 0 Å². The summed E-state index contributed by atoms with van der Waals surface area (Å²) in [7, 11) is -4.52. The molecule has 12 aliphatic carbocycles. The summed E-state index contributed by atoms with van der Waals surface area (Å²) < 4.78 is 75.8. The Balaban J connectivity index is 0.000000153. The maximum atomic E-state index is 6.32. The SMILES string of the molecule is C1CCC(OP(OC2CCCCC2)OC2CCCCC2)CC1.C1CCC(OP(OC2CCCCC2)OC2CCCCC2)CC1.C1CCC(OP(OC2CCCCC2)OC2CCCCC2)CC1.C1CCC(OP(OC2CCCCC2)OC2CCCCC2)CC1.[Ni]. The van der Waals surface area contributed by atoms with Gasteiger partial charge in [-0.2, -0.15) is 0 Å². The van der Waals surface area contributed by atoms with Crippen LogP contribution in [0.25, 0.3) is 0 Å². The molecule has 522 valence electrons. The van der Waals surface area contributed by atoms with Gasteiger partial charge in [0.25, 0.3) is 0 Å².